The second-order valence-corrected chi connectivity index (χ2v) is 10.9. The van der Waals surface area contributed by atoms with Crippen LogP contribution in [0.5, 0.6) is 0 Å². The molecule has 0 amide bonds. The van der Waals surface area contributed by atoms with Gasteiger partial charge in [-0.15, -0.1) is 0 Å². The summed E-state index contributed by atoms with van der Waals surface area (Å²) >= 11 is 0. The van der Waals surface area contributed by atoms with Crippen LogP contribution in [0, 0.1) is 63.6 Å². The van der Waals surface area contributed by atoms with Gasteiger partial charge in [0, 0.05) is 10.8 Å². The van der Waals surface area contributed by atoms with Gasteiger partial charge in [-0.05, 0) is 78.4 Å². The van der Waals surface area contributed by atoms with Crippen LogP contribution >= 0.6 is 0 Å². The largest absolute Gasteiger partial charge is 0.298 e. The highest BCUT2D eigenvalue weighted by Crippen LogP contribution is 2.84. The molecule has 5 aliphatic carbocycles. The van der Waals surface area contributed by atoms with Gasteiger partial charge in [0.05, 0.1) is 0 Å². The van der Waals surface area contributed by atoms with Gasteiger partial charge in [-0.25, -0.2) is 0 Å². The topological polar surface area (TPSA) is 17.1 Å². The van der Waals surface area contributed by atoms with Crippen molar-refractivity contribution in [1.29, 1.82) is 0 Å². The van der Waals surface area contributed by atoms with E-state index in [9.17, 15) is 4.79 Å². The van der Waals surface area contributed by atoms with Crippen LogP contribution in [0.1, 0.15) is 94.9 Å². The van der Waals surface area contributed by atoms with Crippen molar-refractivity contribution in [2.24, 2.45) is 63.6 Å². The first-order valence-corrected chi connectivity index (χ1v) is 12.2. The first-order chi connectivity index (χ1) is 12.7. The Labute approximate surface area is 169 Å². The van der Waals surface area contributed by atoms with E-state index in [4.69, 9.17) is 0 Å². The lowest BCUT2D eigenvalue weighted by molar-refractivity contribution is -0.233. The molecular formula is C26H46O. The Kier molecular flexibility index (Phi) is 5.22. The zero-order valence-corrected chi connectivity index (χ0v) is 19.9. The maximum Gasteiger partial charge on any atom is 0.146 e. The molecular weight excluding hydrogens is 328 g/mol. The van der Waals surface area contributed by atoms with Crippen molar-refractivity contribution in [2.75, 3.05) is 0 Å². The summed E-state index contributed by atoms with van der Waals surface area (Å²) in [7, 11) is 0. The van der Waals surface area contributed by atoms with Crippen LogP contribution in [0.25, 0.3) is 0 Å². The number of carbonyl (C=O) groups excluding carboxylic acids is 1. The van der Waals surface area contributed by atoms with E-state index in [2.05, 4.69) is 41.5 Å². The molecule has 0 aromatic heterocycles. The summed E-state index contributed by atoms with van der Waals surface area (Å²) in [6, 6.07) is 0. The van der Waals surface area contributed by atoms with Gasteiger partial charge in [-0.2, -0.15) is 0 Å². The zero-order chi connectivity index (χ0) is 20.5. The van der Waals surface area contributed by atoms with Crippen molar-refractivity contribution in [3.8, 4) is 0 Å². The fraction of sp³-hybridized carbons (Fsp3) is 0.962. The van der Waals surface area contributed by atoms with Gasteiger partial charge in [-0.1, -0.05) is 69.2 Å². The molecule has 5 rings (SSSR count). The Morgan fingerprint density at radius 1 is 0.667 bits per heavy atom. The summed E-state index contributed by atoms with van der Waals surface area (Å²) in [5, 5.41) is 0. The highest BCUT2D eigenvalue weighted by molar-refractivity contribution is 6.00. The average Bonchev–Trinajstić information content (AvgIpc) is 3.41. The number of Topliss-reactive ketones (excluding diaryl/α,β-unsaturated/α-hetero) is 1. The van der Waals surface area contributed by atoms with Gasteiger partial charge in [-0.3, -0.25) is 4.79 Å². The minimum absolute atomic E-state index is 0.0526. The smallest absolute Gasteiger partial charge is 0.146 e. The number of rotatable bonds is 0. The minimum atomic E-state index is 0.0526. The van der Waals surface area contributed by atoms with Crippen molar-refractivity contribution >= 4 is 5.78 Å². The van der Waals surface area contributed by atoms with E-state index in [-0.39, 0.29) is 16.2 Å². The number of ketones is 1. The molecule has 5 saturated carbocycles. The molecule has 0 aliphatic heterocycles. The zero-order valence-electron chi connectivity index (χ0n) is 19.9. The van der Waals surface area contributed by atoms with Gasteiger partial charge >= 0.3 is 0 Å². The molecule has 1 nitrogen and oxygen atoms in total. The molecule has 2 spiro atoms. The lowest BCUT2D eigenvalue weighted by atomic mass is 9.29. The Balaban J connectivity index is 0.000000495. The summed E-state index contributed by atoms with van der Waals surface area (Å²) in [5.41, 5.74) is 0.340. The summed E-state index contributed by atoms with van der Waals surface area (Å²) in [4.78, 5) is 13.9. The summed E-state index contributed by atoms with van der Waals surface area (Å²) < 4.78 is 0. The molecule has 0 aromatic rings. The van der Waals surface area contributed by atoms with E-state index in [0.717, 1.165) is 41.3 Å². The second-order valence-electron chi connectivity index (χ2n) is 10.9. The fourth-order valence-electron chi connectivity index (χ4n) is 9.33. The molecule has 10 atom stereocenters. The quantitative estimate of drug-likeness (QED) is 0.436. The van der Waals surface area contributed by atoms with E-state index in [1.165, 1.54) is 25.7 Å². The standard InChI is InChI=1S/C22H34O.2C2H6/c1-11-13(3)17-7-15(11)9-21(17)19(23)22(20(21,5)6)10-16-8-18(22)14(4)12(16)2;2*1-2/h11-18H,7-10H2,1-6H3;2*1-2H3. The number of carbonyl (C=O) groups is 1. The summed E-state index contributed by atoms with van der Waals surface area (Å²) in [6.07, 6.45) is 5.12. The molecule has 0 aromatic carbocycles. The molecule has 5 aliphatic rings. The fourth-order valence-corrected chi connectivity index (χ4v) is 9.33. The van der Waals surface area contributed by atoms with Gasteiger partial charge in [0.15, 0.2) is 0 Å². The summed E-state index contributed by atoms with van der Waals surface area (Å²) in [6.45, 7) is 22.8. The van der Waals surface area contributed by atoms with Crippen LogP contribution in [0.4, 0.5) is 0 Å². The van der Waals surface area contributed by atoms with E-state index in [1.54, 1.807) is 0 Å². The molecule has 5 fully saturated rings. The minimum Gasteiger partial charge on any atom is -0.298 e. The molecule has 156 valence electrons. The Bertz CT molecular complexity index is 539. The van der Waals surface area contributed by atoms with E-state index in [0.29, 0.717) is 11.8 Å². The molecule has 0 radical (unpaired) electrons. The number of fused-ring (bicyclic) bond motifs is 6. The molecule has 1 heteroatoms. The Morgan fingerprint density at radius 3 is 1.22 bits per heavy atom. The van der Waals surface area contributed by atoms with Gasteiger partial charge in [0.25, 0.3) is 0 Å². The molecule has 27 heavy (non-hydrogen) atoms. The van der Waals surface area contributed by atoms with Gasteiger partial charge in [0.2, 0.25) is 0 Å². The van der Waals surface area contributed by atoms with E-state index in [1.807, 2.05) is 27.7 Å². The van der Waals surface area contributed by atoms with Crippen LogP contribution in [-0.4, -0.2) is 5.78 Å². The van der Waals surface area contributed by atoms with Crippen molar-refractivity contribution in [3.05, 3.63) is 0 Å². The maximum absolute atomic E-state index is 13.9. The third-order valence-corrected chi connectivity index (χ3v) is 11.0. The highest BCUT2D eigenvalue weighted by atomic mass is 16.1. The van der Waals surface area contributed by atoms with Crippen molar-refractivity contribution < 1.29 is 4.79 Å². The van der Waals surface area contributed by atoms with Gasteiger partial charge in [0.1, 0.15) is 5.78 Å². The van der Waals surface area contributed by atoms with Crippen molar-refractivity contribution in [1.82, 2.24) is 0 Å². The third kappa shape index (κ3) is 2.05. The second kappa shape index (κ2) is 6.60. The van der Waals surface area contributed by atoms with Crippen LogP contribution in [0.3, 0.4) is 0 Å². The van der Waals surface area contributed by atoms with Crippen LogP contribution in [0.15, 0.2) is 0 Å². The predicted octanol–water partition coefficient (Wildman–Crippen LogP) is 7.24. The lowest BCUT2D eigenvalue weighted by Gasteiger charge is -2.72. The SMILES string of the molecule is CC.CC.CC1C2CC(C1C)C1(C2)C(=O)C2(CC3CC2C(C)C3C)C1(C)C. The monoisotopic (exact) mass is 374 g/mol. The first kappa shape index (κ1) is 21.4. The number of hydrogen-bond donors (Lipinski definition) is 0. The van der Waals surface area contributed by atoms with Gasteiger partial charge < -0.3 is 0 Å². The first-order valence-electron chi connectivity index (χ1n) is 12.2. The Morgan fingerprint density at radius 2 is 1.00 bits per heavy atom. The normalized spacial score (nSPS) is 55.9. The molecule has 0 N–H and O–H groups in total. The highest BCUT2D eigenvalue weighted by Gasteiger charge is 2.85. The molecule has 10 unspecified atom stereocenters. The van der Waals surface area contributed by atoms with Crippen molar-refractivity contribution in [2.45, 2.75) is 94.9 Å². The predicted molar refractivity (Wildman–Crippen MR) is 115 cm³/mol. The number of hydrogen-bond acceptors (Lipinski definition) is 1. The van der Waals surface area contributed by atoms with Crippen LogP contribution in [0.2, 0.25) is 0 Å². The Hall–Kier alpha value is -0.330. The van der Waals surface area contributed by atoms with Crippen LogP contribution < -0.4 is 0 Å². The third-order valence-electron chi connectivity index (χ3n) is 11.0. The van der Waals surface area contributed by atoms with E-state index >= 15 is 0 Å². The molecule has 0 saturated heterocycles. The lowest BCUT2D eigenvalue weighted by Crippen LogP contribution is -2.76. The van der Waals surface area contributed by atoms with E-state index < -0.39 is 0 Å². The average molecular weight is 375 g/mol. The molecule has 4 bridgehead atoms. The molecule has 0 heterocycles. The summed E-state index contributed by atoms with van der Waals surface area (Å²) in [5.74, 6) is 6.94. The van der Waals surface area contributed by atoms with Crippen LogP contribution in [-0.2, 0) is 4.79 Å². The van der Waals surface area contributed by atoms with Crippen molar-refractivity contribution in [3.63, 3.8) is 0 Å². The maximum atomic E-state index is 13.9.